The van der Waals surface area contributed by atoms with Crippen LogP contribution in [0, 0.1) is 10.1 Å². The maximum Gasteiger partial charge on any atom is 0.279 e. The maximum atomic E-state index is 10.9. The van der Waals surface area contributed by atoms with Crippen molar-refractivity contribution in [1.82, 2.24) is 0 Å². The second-order valence-electron chi connectivity index (χ2n) is 4.01. The van der Waals surface area contributed by atoms with Crippen LogP contribution in [0.4, 0.5) is 5.69 Å². The molecule has 0 saturated carbocycles. The molecule has 5 heteroatoms. The molecule has 0 bridgehead atoms. The summed E-state index contributed by atoms with van der Waals surface area (Å²) in [6.07, 6.45) is 0.493. The van der Waals surface area contributed by atoms with Gasteiger partial charge in [-0.05, 0) is 28.8 Å². The largest absolute Gasteiger partial charge is 0.326 e. The van der Waals surface area contributed by atoms with Gasteiger partial charge in [0, 0.05) is 12.6 Å². The zero-order chi connectivity index (χ0) is 13.8. The predicted octanol–water partition coefficient (Wildman–Crippen LogP) is 2.53. The van der Waals surface area contributed by atoms with E-state index in [0.29, 0.717) is 12.8 Å². The Bertz CT molecular complexity index is 638. The molecule has 0 aliphatic rings. The minimum Gasteiger partial charge on any atom is -0.326 e. The molecule has 5 nitrogen and oxygen atoms in total. The Morgan fingerprint density at radius 3 is 2.58 bits per heavy atom. The van der Waals surface area contributed by atoms with Gasteiger partial charge in [-0.15, -0.1) is 0 Å². The Morgan fingerprint density at radius 1 is 1.21 bits per heavy atom. The van der Waals surface area contributed by atoms with Gasteiger partial charge in [0.25, 0.3) is 5.69 Å². The molecule has 2 rings (SSSR count). The van der Waals surface area contributed by atoms with E-state index >= 15 is 0 Å². The van der Waals surface area contributed by atoms with E-state index in [0.717, 1.165) is 16.7 Å². The lowest BCUT2D eigenvalue weighted by atomic mass is 9.97. The number of carbonyl (C=O) groups excluding carboxylic acids is 1. The highest BCUT2D eigenvalue weighted by atomic mass is 16.6. The molecule has 0 aromatic heterocycles. The fraction of sp³-hybridized carbons (Fsp3) is 0.0714. The maximum absolute atomic E-state index is 10.9. The highest BCUT2D eigenvalue weighted by molar-refractivity contribution is 5.85. The van der Waals surface area contributed by atoms with Crippen LogP contribution in [0.25, 0.3) is 11.1 Å². The number of rotatable bonds is 4. The lowest BCUT2D eigenvalue weighted by molar-refractivity contribution is -0.385. The van der Waals surface area contributed by atoms with Gasteiger partial charge in [-0.2, -0.15) is 0 Å². The van der Waals surface area contributed by atoms with Crippen molar-refractivity contribution in [3.63, 3.8) is 0 Å². The molecule has 0 heterocycles. The third-order valence-corrected chi connectivity index (χ3v) is 2.90. The van der Waals surface area contributed by atoms with E-state index in [1.165, 1.54) is 12.1 Å². The van der Waals surface area contributed by atoms with Crippen molar-refractivity contribution < 1.29 is 9.72 Å². The number of nitrogens with two attached hydrogens (primary N) is 1. The Balaban J connectivity index is 2.58. The first-order valence-electron chi connectivity index (χ1n) is 5.69. The first-order valence-corrected chi connectivity index (χ1v) is 5.69. The smallest absolute Gasteiger partial charge is 0.279 e. The van der Waals surface area contributed by atoms with Crippen molar-refractivity contribution in [2.45, 2.75) is 6.54 Å². The first-order chi connectivity index (χ1) is 9.17. The van der Waals surface area contributed by atoms with Gasteiger partial charge >= 0.3 is 0 Å². The Kier molecular flexibility index (Phi) is 3.68. The lowest BCUT2D eigenvalue weighted by Crippen LogP contribution is -1.99. The van der Waals surface area contributed by atoms with Gasteiger partial charge in [0.1, 0.15) is 0 Å². The molecule has 19 heavy (non-hydrogen) atoms. The number of benzene rings is 2. The van der Waals surface area contributed by atoms with Crippen LogP contribution in [0.15, 0.2) is 42.5 Å². The van der Waals surface area contributed by atoms with E-state index < -0.39 is 4.92 Å². The van der Waals surface area contributed by atoms with E-state index in [4.69, 9.17) is 5.73 Å². The van der Waals surface area contributed by atoms with Crippen molar-refractivity contribution in [2.24, 2.45) is 5.73 Å². The summed E-state index contributed by atoms with van der Waals surface area (Å²) in [5, 5.41) is 10.8. The second-order valence-corrected chi connectivity index (χ2v) is 4.01. The quantitative estimate of drug-likeness (QED) is 0.517. The number of nitro groups is 1. The fourth-order valence-electron chi connectivity index (χ4n) is 1.96. The third-order valence-electron chi connectivity index (χ3n) is 2.90. The molecular weight excluding hydrogens is 244 g/mol. The topological polar surface area (TPSA) is 86.2 Å². The summed E-state index contributed by atoms with van der Waals surface area (Å²) in [6.45, 7) is 0.365. The summed E-state index contributed by atoms with van der Waals surface area (Å²) in [7, 11) is 0. The van der Waals surface area contributed by atoms with Crippen LogP contribution in [0.2, 0.25) is 0 Å². The highest BCUT2D eigenvalue weighted by Crippen LogP contribution is 2.28. The normalized spacial score (nSPS) is 10.2. The summed E-state index contributed by atoms with van der Waals surface area (Å²) in [4.78, 5) is 21.2. The van der Waals surface area contributed by atoms with Gasteiger partial charge < -0.3 is 5.73 Å². The van der Waals surface area contributed by atoms with Gasteiger partial charge in [0.05, 0.1) is 10.5 Å². The van der Waals surface area contributed by atoms with E-state index in [-0.39, 0.29) is 11.3 Å². The van der Waals surface area contributed by atoms with Crippen LogP contribution in [-0.2, 0) is 6.54 Å². The van der Waals surface area contributed by atoms with Crippen LogP contribution in [0.5, 0.6) is 0 Å². The average molecular weight is 256 g/mol. The standard InChI is InChI=1S/C14H12N2O3/c15-8-11-3-1-2-4-13(11)10-5-6-14(16(18)19)12(7-10)9-17/h1-7,9H,8,15H2. The number of hydrogen-bond donors (Lipinski definition) is 1. The molecule has 0 aliphatic carbocycles. The van der Waals surface area contributed by atoms with E-state index in [1.54, 1.807) is 6.07 Å². The molecular formula is C14H12N2O3. The fourth-order valence-corrected chi connectivity index (χ4v) is 1.96. The highest BCUT2D eigenvalue weighted by Gasteiger charge is 2.14. The molecule has 0 fully saturated rings. The van der Waals surface area contributed by atoms with Crippen LogP contribution in [-0.4, -0.2) is 11.2 Å². The Hall–Kier alpha value is -2.53. The molecule has 2 aromatic rings. The second kappa shape index (κ2) is 5.41. The molecule has 2 aromatic carbocycles. The minimum absolute atomic E-state index is 0.0642. The van der Waals surface area contributed by atoms with Crippen LogP contribution >= 0.6 is 0 Å². The minimum atomic E-state index is -0.567. The molecule has 96 valence electrons. The van der Waals surface area contributed by atoms with Crippen molar-refractivity contribution in [3.8, 4) is 11.1 Å². The summed E-state index contributed by atoms with van der Waals surface area (Å²) in [6, 6.07) is 12.0. The number of aldehydes is 1. The molecule has 0 saturated heterocycles. The van der Waals surface area contributed by atoms with Gasteiger partial charge in [-0.25, -0.2) is 0 Å². The van der Waals surface area contributed by atoms with Crippen molar-refractivity contribution in [3.05, 3.63) is 63.7 Å². The number of nitrogens with zero attached hydrogens (tertiary/aromatic N) is 1. The van der Waals surface area contributed by atoms with Gasteiger partial charge in [-0.3, -0.25) is 14.9 Å². The summed E-state index contributed by atoms with van der Waals surface area (Å²) in [5.41, 5.74) is 8.08. The first kappa shape index (κ1) is 12.9. The van der Waals surface area contributed by atoms with Crippen LogP contribution < -0.4 is 5.73 Å². The van der Waals surface area contributed by atoms with Gasteiger partial charge in [0.15, 0.2) is 6.29 Å². The van der Waals surface area contributed by atoms with E-state index in [1.807, 2.05) is 24.3 Å². The van der Waals surface area contributed by atoms with Crippen molar-refractivity contribution >= 4 is 12.0 Å². The predicted molar refractivity (Wildman–Crippen MR) is 71.8 cm³/mol. The molecule has 0 radical (unpaired) electrons. The molecule has 0 spiro atoms. The van der Waals surface area contributed by atoms with Crippen molar-refractivity contribution in [1.29, 1.82) is 0 Å². The SMILES string of the molecule is NCc1ccccc1-c1ccc([N+](=O)[O-])c(C=O)c1. The monoisotopic (exact) mass is 256 g/mol. The average Bonchev–Trinajstić information content (AvgIpc) is 2.46. The molecule has 0 aliphatic heterocycles. The van der Waals surface area contributed by atoms with Crippen LogP contribution in [0.3, 0.4) is 0 Å². The number of carbonyl (C=O) groups is 1. The summed E-state index contributed by atoms with van der Waals surface area (Å²) < 4.78 is 0. The molecule has 0 amide bonds. The zero-order valence-corrected chi connectivity index (χ0v) is 10.1. The summed E-state index contributed by atoms with van der Waals surface area (Å²) in [5.74, 6) is 0. The van der Waals surface area contributed by atoms with E-state index in [9.17, 15) is 14.9 Å². The van der Waals surface area contributed by atoms with Crippen LogP contribution in [0.1, 0.15) is 15.9 Å². The lowest BCUT2D eigenvalue weighted by Gasteiger charge is -2.08. The molecule has 0 atom stereocenters. The Labute approximate surface area is 109 Å². The van der Waals surface area contributed by atoms with Crippen molar-refractivity contribution in [2.75, 3.05) is 0 Å². The van der Waals surface area contributed by atoms with E-state index in [2.05, 4.69) is 0 Å². The third kappa shape index (κ3) is 2.51. The number of hydrogen-bond acceptors (Lipinski definition) is 4. The number of nitro benzene ring substituents is 1. The summed E-state index contributed by atoms with van der Waals surface area (Å²) >= 11 is 0. The molecule has 2 N–H and O–H groups in total. The zero-order valence-electron chi connectivity index (χ0n) is 10.1. The Morgan fingerprint density at radius 2 is 1.95 bits per heavy atom. The van der Waals surface area contributed by atoms with Gasteiger partial charge in [0.2, 0.25) is 0 Å². The van der Waals surface area contributed by atoms with Gasteiger partial charge in [-0.1, -0.05) is 24.3 Å². The molecule has 0 unspecified atom stereocenters.